The van der Waals surface area contributed by atoms with E-state index in [0.29, 0.717) is 0 Å². The van der Waals surface area contributed by atoms with Crippen LogP contribution in [0.2, 0.25) is 0 Å². The number of rotatable bonds is 2. The Balaban J connectivity index is 0. The van der Waals surface area contributed by atoms with Crippen molar-refractivity contribution in [3.63, 3.8) is 0 Å². The first-order chi connectivity index (χ1) is 3.48. The fourth-order valence-corrected chi connectivity index (χ4v) is 0.692. The molecule has 6 heteroatoms. The second-order valence-corrected chi connectivity index (χ2v) is 3.33. The van der Waals surface area contributed by atoms with Gasteiger partial charge in [-0.1, -0.05) is 6.92 Å². The van der Waals surface area contributed by atoms with Gasteiger partial charge in [-0.3, -0.25) is 10.6 Å². The average molecular weight is 177 g/mol. The third-order valence-electron chi connectivity index (χ3n) is 0.837. The van der Waals surface area contributed by atoms with Gasteiger partial charge in [0.05, 0.1) is 7.94 Å². The van der Waals surface area contributed by atoms with E-state index in [4.69, 9.17) is 10.6 Å². The van der Waals surface area contributed by atoms with E-state index in [1.165, 1.54) is 0 Å². The summed E-state index contributed by atoms with van der Waals surface area (Å²) >= 11 is 0. The summed E-state index contributed by atoms with van der Waals surface area (Å²) in [7, 11) is -4.23. The van der Waals surface area contributed by atoms with Crippen LogP contribution in [0.15, 0.2) is 0 Å². The molecule has 0 radical (unpaired) electrons. The van der Waals surface area contributed by atoms with E-state index in [9.17, 15) is 9.79 Å². The van der Waals surface area contributed by atoms with Crippen LogP contribution in [-0.4, -0.2) is 10.7 Å². The molecule has 0 bridgehead atoms. The summed E-state index contributed by atoms with van der Waals surface area (Å²) in [5.74, 6) is -1.09. The Hall–Kier alpha value is 1.91. The summed E-state index contributed by atoms with van der Waals surface area (Å²) in [5.41, 5.74) is 4.92. The third kappa shape index (κ3) is 6.31. The second kappa shape index (κ2) is 5.54. The maximum absolute atomic E-state index is 10.0. The zero-order valence-electron chi connectivity index (χ0n) is 5.57. The fraction of sp³-hybridized carbons (Fsp3) is 1.00. The molecule has 0 aliphatic rings. The Bertz CT molecular complexity index is 75.9. The Morgan fingerprint density at radius 2 is 2.00 bits per heavy atom. The van der Waals surface area contributed by atoms with Crippen LogP contribution >= 0.6 is 7.94 Å². The van der Waals surface area contributed by atoms with E-state index in [2.05, 4.69) is 0 Å². The predicted octanol–water partition coefficient (Wildman–Crippen LogP) is -4.84. The minimum Gasteiger partial charge on any atom is -0.658 e. The summed E-state index contributed by atoms with van der Waals surface area (Å²) < 4.78 is 0. The zero-order valence-corrected chi connectivity index (χ0v) is 9.59. The average Bonchev–Trinajstić information content (AvgIpc) is 1.62. The molecule has 0 aliphatic heterocycles. The topological polar surface area (TPSA) is 92.4 Å². The van der Waals surface area contributed by atoms with Gasteiger partial charge in [-0.2, -0.15) is 0 Å². The molecule has 0 aromatic rings. The largest absolute Gasteiger partial charge is 1.00 e. The van der Waals surface area contributed by atoms with Crippen LogP contribution in [0.4, 0.5) is 0 Å². The molecule has 0 spiro atoms. The Kier molecular flexibility index (Phi) is 8.31. The molecule has 4 nitrogen and oxygen atoms in total. The van der Waals surface area contributed by atoms with Crippen LogP contribution < -0.4 is 66.9 Å². The van der Waals surface area contributed by atoms with Crippen molar-refractivity contribution < 1.29 is 66.1 Å². The zero-order chi connectivity index (χ0) is 6.78. The maximum Gasteiger partial charge on any atom is 1.00 e. The van der Waals surface area contributed by atoms with Crippen LogP contribution in [0, 0.1) is 0 Å². The van der Waals surface area contributed by atoms with Gasteiger partial charge < -0.3 is 9.79 Å². The van der Waals surface area contributed by atoms with Crippen molar-refractivity contribution in [1.82, 2.24) is 0 Å². The van der Waals surface area contributed by atoms with Gasteiger partial charge in [-0.05, 0) is 6.42 Å². The van der Waals surface area contributed by atoms with Crippen LogP contribution in [0.1, 0.15) is 13.3 Å². The van der Waals surface area contributed by atoms with Gasteiger partial charge in [-0.15, -0.1) is 0 Å². The van der Waals surface area contributed by atoms with Crippen molar-refractivity contribution in [3.8, 4) is 0 Å². The van der Waals surface area contributed by atoms with Crippen molar-refractivity contribution in [2.24, 2.45) is 5.73 Å². The molecule has 0 heterocycles. The first-order valence-corrected chi connectivity index (χ1v) is 3.92. The van der Waals surface area contributed by atoms with E-state index >= 15 is 0 Å². The van der Waals surface area contributed by atoms with Crippen LogP contribution in [0.5, 0.6) is 0 Å². The van der Waals surface area contributed by atoms with Crippen molar-refractivity contribution in [2.75, 3.05) is 0 Å². The van der Waals surface area contributed by atoms with Gasteiger partial charge >= 0.3 is 51.4 Å². The number of hydrogen-bond acceptors (Lipinski definition) is 4. The van der Waals surface area contributed by atoms with Crippen molar-refractivity contribution in [3.05, 3.63) is 0 Å². The minimum atomic E-state index is -4.23. The van der Waals surface area contributed by atoms with E-state index in [0.717, 1.165) is 0 Å². The van der Waals surface area contributed by atoms with Gasteiger partial charge in [0.15, 0.2) is 0 Å². The quantitative estimate of drug-likeness (QED) is 0.327. The van der Waals surface area contributed by atoms with Crippen molar-refractivity contribution >= 4 is 7.94 Å². The predicted molar refractivity (Wildman–Crippen MR) is 27.4 cm³/mol. The molecule has 50 valence electrons. The third-order valence-corrected chi connectivity index (χ3v) is 2.04. The van der Waals surface area contributed by atoms with E-state index in [-0.39, 0.29) is 57.8 Å². The van der Waals surface area contributed by atoms with Gasteiger partial charge in [-0.25, -0.2) is 0 Å². The first-order valence-electron chi connectivity index (χ1n) is 2.27. The molecule has 0 fully saturated rings. The molecule has 1 atom stereocenters. The molecule has 3 N–H and O–H groups in total. The van der Waals surface area contributed by atoms with Gasteiger partial charge in [0.2, 0.25) is 0 Å². The summed E-state index contributed by atoms with van der Waals surface area (Å²) in [6, 6.07) is 0. The fourth-order valence-electron chi connectivity index (χ4n) is 0.231. The van der Waals surface area contributed by atoms with Gasteiger partial charge in [0.25, 0.3) is 0 Å². The molecule has 0 saturated heterocycles. The SMILES string of the molecule is CCC(N)[P+]([O-])([O-])O.[K+]. The Morgan fingerprint density at radius 1 is 1.67 bits per heavy atom. The molecule has 0 amide bonds. The minimum absolute atomic E-state index is 0. The molecular weight excluding hydrogens is 168 g/mol. The smallest absolute Gasteiger partial charge is 0.658 e. The molecule has 0 aromatic heterocycles. The molecule has 0 aliphatic carbocycles. The van der Waals surface area contributed by atoms with Crippen LogP contribution in [-0.2, 0) is 0 Å². The summed E-state index contributed by atoms with van der Waals surface area (Å²) in [5, 5.41) is 0. The normalized spacial score (nSPS) is 14.3. The van der Waals surface area contributed by atoms with Crippen molar-refractivity contribution in [1.29, 1.82) is 0 Å². The molecule has 0 rings (SSSR count). The second-order valence-electron chi connectivity index (χ2n) is 1.54. The van der Waals surface area contributed by atoms with Crippen LogP contribution in [0.3, 0.4) is 0 Å². The summed E-state index contributed by atoms with van der Waals surface area (Å²) in [6.45, 7) is 1.59. The summed E-state index contributed by atoms with van der Waals surface area (Å²) in [4.78, 5) is 28.2. The number of hydrogen-bond donors (Lipinski definition) is 2. The van der Waals surface area contributed by atoms with Gasteiger partial charge in [0.1, 0.15) is 5.78 Å². The Labute approximate surface area is 97.5 Å². The number of nitrogens with two attached hydrogens (primary N) is 1. The van der Waals surface area contributed by atoms with E-state index < -0.39 is 13.7 Å². The maximum atomic E-state index is 10.0. The van der Waals surface area contributed by atoms with Crippen LogP contribution in [0.25, 0.3) is 0 Å². The van der Waals surface area contributed by atoms with Crippen molar-refractivity contribution in [2.45, 2.75) is 19.1 Å². The molecule has 0 saturated carbocycles. The first kappa shape index (κ1) is 13.5. The molecule has 0 aromatic carbocycles. The molecule has 1 unspecified atom stereocenters. The molecular formula is C3H9KNO3P. The van der Waals surface area contributed by atoms with E-state index in [1.54, 1.807) is 6.92 Å². The van der Waals surface area contributed by atoms with Gasteiger partial charge in [0, 0.05) is 0 Å². The van der Waals surface area contributed by atoms with E-state index in [1.807, 2.05) is 0 Å². The summed E-state index contributed by atoms with van der Waals surface area (Å²) in [6.07, 6.45) is 0.247. The Morgan fingerprint density at radius 3 is 2.00 bits per heavy atom. The standard InChI is InChI=1S/C3H10NO3P.K/c1-2-3(4)8(5,6)7;/h3H,2,4H2,1H3,(H2,5,6,7);/q;+1/p-1. The monoisotopic (exact) mass is 177 g/mol. The molecule has 9 heavy (non-hydrogen) atoms.